The van der Waals surface area contributed by atoms with Crippen LogP contribution in [0.15, 0.2) is 59.8 Å². The Morgan fingerprint density at radius 1 is 1.19 bits per heavy atom. The summed E-state index contributed by atoms with van der Waals surface area (Å²) in [5, 5.41) is 18.1. The summed E-state index contributed by atoms with van der Waals surface area (Å²) in [6.45, 7) is 6.66. The summed E-state index contributed by atoms with van der Waals surface area (Å²) in [6, 6.07) is 15.0. The number of hydrogen-bond acceptors (Lipinski definition) is 6. The molecule has 8 heteroatoms. The van der Waals surface area contributed by atoms with Crippen molar-refractivity contribution < 1.29 is 9.53 Å². The number of carbonyl (C=O) groups excluding carboxylic acids is 1. The maximum Gasteiger partial charge on any atom is 0.255 e. The normalized spacial score (nSPS) is 15.3. The van der Waals surface area contributed by atoms with E-state index in [0.29, 0.717) is 23.8 Å². The number of carbonyl (C=O) groups is 1. The number of anilines is 2. The number of nitrogens with zero attached hydrogens (tertiary/aromatic N) is 4. The molecule has 3 aromatic rings. The van der Waals surface area contributed by atoms with E-state index in [0.717, 1.165) is 35.4 Å². The first-order chi connectivity index (χ1) is 15.1. The van der Waals surface area contributed by atoms with Gasteiger partial charge in [0, 0.05) is 11.4 Å². The molecule has 4 rings (SSSR count). The van der Waals surface area contributed by atoms with Gasteiger partial charge in [-0.2, -0.15) is 4.68 Å². The number of aryl methyl sites for hydroxylation is 1. The molecule has 0 saturated heterocycles. The summed E-state index contributed by atoms with van der Waals surface area (Å²) in [7, 11) is 0. The number of ether oxygens (including phenoxy) is 1. The zero-order chi connectivity index (χ0) is 21.8. The third kappa shape index (κ3) is 4.42. The Labute approximate surface area is 181 Å². The smallest absolute Gasteiger partial charge is 0.255 e. The van der Waals surface area contributed by atoms with E-state index in [9.17, 15) is 4.79 Å². The van der Waals surface area contributed by atoms with Crippen LogP contribution in [0.25, 0.3) is 0 Å². The molecule has 8 nitrogen and oxygen atoms in total. The Morgan fingerprint density at radius 2 is 2.00 bits per heavy atom. The first kappa shape index (κ1) is 20.6. The molecule has 0 radical (unpaired) electrons. The van der Waals surface area contributed by atoms with Crippen LogP contribution in [0.3, 0.4) is 0 Å². The van der Waals surface area contributed by atoms with Crippen molar-refractivity contribution in [1.29, 1.82) is 0 Å². The van der Waals surface area contributed by atoms with Crippen molar-refractivity contribution in [2.75, 3.05) is 17.2 Å². The van der Waals surface area contributed by atoms with Crippen LogP contribution in [0.2, 0.25) is 0 Å². The molecule has 1 aliphatic rings. The van der Waals surface area contributed by atoms with Crippen LogP contribution >= 0.6 is 0 Å². The minimum Gasteiger partial charge on any atom is -0.494 e. The summed E-state index contributed by atoms with van der Waals surface area (Å²) in [5.41, 5.74) is 3.97. The molecule has 0 aliphatic carbocycles. The predicted octanol–water partition coefficient (Wildman–Crippen LogP) is 4.09. The van der Waals surface area contributed by atoms with Crippen LogP contribution in [0, 0.1) is 6.92 Å². The molecule has 0 bridgehead atoms. The van der Waals surface area contributed by atoms with Gasteiger partial charge in [0.15, 0.2) is 0 Å². The van der Waals surface area contributed by atoms with E-state index < -0.39 is 6.04 Å². The Balaban J connectivity index is 1.65. The summed E-state index contributed by atoms with van der Waals surface area (Å²) >= 11 is 0. The molecule has 160 valence electrons. The molecule has 1 aliphatic heterocycles. The zero-order valence-corrected chi connectivity index (χ0v) is 17.9. The van der Waals surface area contributed by atoms with Crippen molar-refractivity contribution in [1.82, 2.24) is 20.2 Å². The highest BCUT2D eigenvalue weighted by molar-refractivity contribution is 6.06. The largest absolute Gasteiger partial charge is 0.494 e. The fourth-order valence-electron chi connectivity index (χ4n) is 3.62. The monoisotopic (exact) mass is 418 g/mol. The number of nitrogens with one attached hydrogen (secondary N) is 2. The summed E-state index contributed by atoms with van der Waals surface area (Å²) in [4.78, 5) is 13.3. The highest BCUT2D eigenvalue weighted by Gasteiger charge is 2.34. The number of aromatic nitrogens is 4. The standard InChI is InChI=1S/C23H26N6O2/c1-4-5-13-31-19-11-9-17(10-12-19)21-20(16(3)24-23-26-27-28-29(21)23)22(30)25-18-8-6-7-15(2)14-18/h6-12,14,21H,4-5,13H2,1-3H3,(H,25,30)(H,24,26,28). The quantitative estimate of drug-likeness (QED) is 0.562. The third-order valence-corrected chi connectivity index (χ3v) is 5.20. The number of hydrogen-bond donors (Lipinski definition) is 2. The number of amides is 1. The van der Waals surface area contributed by atoms with Crippen LogP contribution in [0.5, 0.6) is 5.75 Å². The van der Waals surface area contributed by atoms with E-state index >= 15 is 0 Å². The predicted molar refractivity (Wildman–Crippen MR) is 119 cm³/mol. The second-order valence-electron chi connectivity index (χ2n) is 7.61. The van der Waals surface area contributed by atoms with Gasteiger partial charge >= 0.3 is 0 Å². The van der Waals surface area contributed by atoms with Crippen molar-refractivity contribution in [3.63, 3.8) is 0 Å². The van der Waals surface area contributed by atoms with Gasteiger partial charge in [-0.25, -0.2) is 0 Å². The minimum atomic E-state index is -0.458. The Bertz CT molecular complexity index is 1100. The van der Waals surface area contributed by atoms with Crippen LogP contribution < -0.4 is 15.4 Å². The summed E-state index contributed by atoms with van der Waals surface area (Å²) in [5.74, 6) is 1.09. The van der Waals surface area contributed by atoms with E-state index in [1.807, 2.05) is 62.4 Å². The summed E-state index contributed by atoms with van der Waals surface area (Å²) in [6.07, 6.45) is 2.09. The number of allylic oxidation sites excluding steroid dienone is 1. The average Bonchev–Trinajstić information content (AvgIpc) is 3.21. The van der Waals surface area contributed by atoms with Gasteiger partial charge in [-0.05, 0) is 66.1 Å². The van der Waals surface area contributed by atoms with Gasteiger partial charge in [-0.15, -0.1) is 0 Å². The van der Waals surface area contributed by atoms with E-state index in [1.165, 1.54) is 0 Å². The lowest BCUT2D eigenvalue weighted by molar-refractivity contribution is -0.113. The first-order valence-electron chi connectivity index (χ1n) is 10.4. The molecular weight excluding hydrogens is 392 g/mol. The van der Waals surface area contributed by atoms with Crippen molar-refractivity contribution in [2.24, 2.45) is 0 Å². The lowest BCUT2D eigenvalue weighted by atomic mass is 9.95. The van der Waals surface area contributed by atoms with E-state index in [-0.39, 0.29) is 5.91 Å². The van der Waals surface area contributed by atoms with Gasteiger partial charge < -0.3 is 15.4 Å². The fraction of sp³-hybridized carbons (Fsp3) is 0.304. The van der Waals surface area contributed by atoms with Crippen molar-refractivity contribution in [3.8, 4) is 5.75 Å². The lowest BCUT2D eigenvalue weighted by Gasteiger charge is -2.28. The van der Waals surface area contributed by atoms with Gasteiger partial charge in [-0.3, -0.25) is 4.79 Å². The van der Waals surface area contributed by atoms with E-state index in [2.05, 4.69) is 33.1 Å². The number of fused-ring (bicyclic) bond motifs is 1. The molecular formula is C23H26N6O2. The fourth-order valence-corrected chi connectivity index (χ4v) is 3.62. The number of benzene rings is 2. The van der Waals surface area contributed by atoms with Crippen molar-refractivity contribution in [3.05, 3.63) is 70.9 Å². The number of unbranched alkanes of at least 4 members (excludes halogenated alkanes) is 1. The van der Waals surface area contributed by atoms with Crippen LogP contribution in [-0.4, -0.2) is 32.7 Å². The SMILES string of the molecule is CCCCOc1ccc(C2C(C(=O)Nc3cccc(C)c3)=C(C)Nc3nnnn32)cc1. The van der Waals surface area contributed by atoms with Gasteiger partial charge in [0.25, 0.3) is 5.91 Å². The second kappa shape index (κ2) is 8.99. The third-order valence-electron chi connectivity index (χ3n) is 5.20. The molecule has 2 heterocycles. The van der Waals surface area contributed by atoms with E-state index in [4.69, 9.17) is 4.74 Å². The highest BCUT2D eigenvalue weighted by atomic mass is 16.5. The minimum absolute atomic E-state index is 0.204. The zero-order valence-electron chi connectivity index (χ0n) is 17.9. The molecule has 0 spiro atoms. The van der Waals surface area contributed by atoms with Crippen molar-refractivity contribution in [2.45, 2.75) is 39.7 Å². The number of rotatable bonds is 7. The Hall–Kier alpha value is -3.68. The summed E-state index contributed by atoms with van der Waals surface area (Å²) < 4.78 is 7.41. The molecule has 31 heavy (non-hydrogen) atoms. The Morgan fingerprint density at radius 3 is 2.74 bits per heavy atom. The van der Waals surface area contributed by atoms with Gasteiger partial charge in [0.05, 0.1) is 12.2 Å². The first-order valence-corrected chi connectivity index (χ1v) is 10.4. The lowest BCUT2D eigenvalue weighted by Crippen LogP contribution is -2.31. The van der Waals surface area contributed by atoms with Crippen LogP contribution in [0.4, 0.5) is 11.6 Å². The maximum absolute atomic E-state index is 13.3. The van der Waals surface area contributed by atoms with E-state index in [1.54, 1.807) is 4.68 Å². The highest BCUT2D eigenvalue weighted by Crippen LogP contribution is 2.35. The number of tetrazole rings is 1. The van der Waals surface area contributed by atoms with Crippen molar-refractivity contribution >= 4 is 17.5 Å². The molecule has 0 fully saturated rings. The Kier molecular flexibility index (Phi) is 5.97. The molecule has 1 unspecified atom stereocenters. The molecule has 2 N–H and O–H groups in total. The van der Waals surface area contributed by atoms with Gasteiger partial charge in [0.2, 0.25) is 5.95 Å². The maximum atomic E-state index is 13.3. The van der Waals surface area contributed by atoms with Crippen LogP contribution in [-0.2, 0) is 4.79 Å². The van der Waals surface area contributed by atoms with Gasteiger partial charge in [-0.1, -0.05) is 42.7 Å². The topological polar surface area (TPSA) is 94.0 Å². The van der Waals surface area contributed by atoms with Gasteiger partial charge in [0.1, 0.15) is 11.8 Å². The molecule has 1 aromatic heterocycles. The molecule has 1 atom stereocenters. The molecule has 2 aromatic carbocycles. The van der Waals surface area contributed by atoms with Crippen LogP contribution in [0.1, 0.15) is 43.9 Å². The molecule has 1 amide bonds. The average molecular weight is 419 g/mol. The second-order valence-corrected chi connectivity index (χ2v) is 7.61. The molecule has 0 saturated carbocycles.